The van der Waals surface area contributed by atoms with Crippen LogP contribution in [-0.4, -0.2) is 37.2 Å². The minimum atomic E-state index is 0.0485. The topological polar surface area (TPSA) is 58.5 Å². The Bertz CT molecular complexity index is 666. The summed E-state index contributed by atoms with van der Waals surface area (Å²) >= 11 is 1.78. The predicted molar refractivity (Wildman–Crippen MR) is 106 cm³/mol. The summed E-state index contributed by atoms with van der Waals surface area (Å²) in [5.41, 5.74) is 1.23. The highest BCUT2D eigenvalue weighted by Gasteiger charge is 2.06. The Labute approximate surface area is 154 Å². The Hall–Kier alpha value is -2.08. The minimum Gasteiger partial charge on any atom is -0.489 e. The second kappa shape index (κ2) is 10.0. The Morgan fingerprint density at radius 3 is 2.68 bits per heavy atom. The van der Waals surface area contributed by atoms with E-state index >= 15 is 0 Å². The van der Waals surface area contributed by atoms with Gasteiger partial charge < -0.3 is 15.4 Å². The summed E-state index contributed by atoms with van der Waals surface area (Å²) in [6, 6.07) is 8.10. The number of aromatic nitrogens is 1. The molecule has 0 spiro atoms. The fraction of sp³-hybridized carbons (Fsp3) is 0.474. The average molecular weight is 361 g/mol. The Morgan fingerprint density at radius 2 is 2.04 bits per heavy atom. The number of benzene rings is 1. The second-order valence-electron chi connectivity index (χ2n) is 5.95. The lowest BCUT2D eigenvalue weighted by Crippen LogP contribution is -2.42. The molecule has 1 heterocycles. The number of ether oxygens (including phenoxy) is 1. The van der Waals surface area contributed by atoms with Crippen molar-refractivity contribution < 1.29 is 4.74 Å². The average Bonchev–Trinajstić information content (AvgIpc) is 3.08. The zero-order chi connectivity index (χ0) is 18.1. The van der Waals surface area contributed by atoms with E-state index in [2.05, 4.69) is 46.6 Å². The predicted octanol–water partition coefficient (Wildman–Crippen LogP) is 3.19. The van der Waals surface area contributed by atoms with E-state index in [4.69, 9.17) is 4.74 Å². The third kappa shape index (κ3) is 6.74. The molecule has 0 saturated heterocycles. The van der Waals surface area contributed by atoms with Crippen LogP contribution in [0.15, 0.2) is 35.5 Å². The molecule has 0 amide bonds. The van der Waals surface area contributed by atoms with Crippen LogP contribution < -0.4 is 15.4 Å². The van der Waals surface area contributed by atoms with Crippen LogP contribution in [0.5, 0.6) is 5.75 Å². The highest BCUT2D eigenvalue weighted by molar-refractivity contribution is 7.11. The molecule has 0 aliphatic rings. The number of hydrogen-bond acceptors (Lipinski definition) is 4. The van der Waals surface area contributed by atoms with Crippen LogP contribution >= 0.6 is 11.3 Å². The molecule has 25 heavy (non-hydrogen) atoms. The number of aliphatic imine (C=N–C) groups is 1. The van der Waals surface area contributed by atoms with Gasteiger partial charge >= 0.3 is 0 Å². The minimum absolute atomic E-state index is 0.0485. The molecule has 6 heteroatoms. The lowest BCUT2D eigenvalue weighted by Gasteiger charge is -2.17. The van der Waals surface area contributed by atoms with Gasteiger partial charge in [-0.1, -0.05) is 24.6 Å². The molecular formula is C19H28N4OS. The molecule has 1 aromatic carbocycles. The maximum atomic E-state index is 5.90. The molecule has 0 bridgehead atoms. The van der Waals surface area contributed by atoms with E-state index in [1.165, 1.54) is 10.4 Å². The van der Waals surface area contributed by atoms with E-state index in [0.717, 1.165) is 36.1 Å². The molecule has 5 nitrogen and oxygen atoms in total. The number of thiazole rings is 1. The molecule has 0 aliphatic heterocycles. The van der Waals surface area contributed by atoms with Gasteiger partial charge in [-0.3, -0.25) is 4.99 Å². The van der Waals surface area contributed by atoms with Crippen molar-refractivity contribution in [3.05, 3.63) is 45.9 Å². The van der Waals surface area contributed by atoms with Crippen molar-refractivity contribution in [1.29, 1.82) is 0 Å². The van der Waals surface area contributed by atoms with Crippen LogP contribution in [0.2, 0.25) is 0 Å². The molecule has 0 saturated carbocycles. The molecular weight excluding hydrogens is 332 g/mol. The highest BCUT2D eigenvalue weighted by Crippen LogP contribution is 2.14. The Kier molecular flexibility index (Phi) is 7.73. The van der Waals surface area contributed by atoms with Gasteiger partial charge in [-0.2, -0.15) is 0 Å². The fourth-order valence-corrected chi connectivity index (χ4v) is 3.13. The van der Waals surface area contributed by atoms with Crippen molar-refractivity contribution in [3.63, 3.8) is 0 Å². The Balaban J connectivity index is 1.69. The van der Waals surface area contributed by atoms with E-state index < -0.39 is 0 Å². The maximum Gasteiger partial charge on any atom is 0.191 e. The maximum absolute atomic E-state index is 5.90. The second-order valence-corrected chi connectivity index (χ2v) is 7.15. The van der Waals surface area contributed by atoms with Crippen LogP contribution in [0.4, 0.5) is 0 Å². The first-order chi connectivity index (χ1) is 12.1. The molecule has 0 aliphatic carbocycles. The Morgan fingerprint density at radius 1 is 1.28 bits per heavy atom. The van der Waals surface area contributed by atoms with Gasteiger partial charge in [0.25, 0.3) is 0 Å². The van der Waals surface area contributed by atoms with Gasteiger partial charge in [0.2, 0.25) is 0 Å². The van der Waals surface area contributed by atoms with Crippen molar-refractivity contribution in [3.8, 4) is 5.75 Å². The summed E-state index contributed by atoms with van der Waals surface area (Å²) in [4.78, 5) is 10.0. The van der Waals surface area contributed by atoms with Gasteiger partial charge in [-0.25, -0.2) is 4.98 Å². The molecule has 1 atom stereocenters. The fourth-order valence-electron chi connectivity index (χ4n) is 2.27. The van der Waals surface area contributed by atoms with Gasteiger partial charge in [-0.15, -0.1) is 11.3 Å². The van der Waals surface area contributed by atoms with Crippen LogP contribution in [-0.2, 0) is 12.8 Å². The van der Waals surface area contributed by atoms with Crippen LogP contribution in [0.3, 0.4) is 0 Å². The smallest absolute Gasteiger partial charge is 0.191 e. The van der Waals surface area contributed by atoms with Crippen LogP contribution in [0.25, 0.3) is 0 Å². The summed E-state index contributed by atoms with van der Waals surface area (Å²) in [6.07, 6.45) is 3.97. The largest absolute Gasteiger partial charge is 0.489 e. The molecule has 136 valence electrons. The quantitative estimate of drug-likeness (QED) is 0.561. The number of guanidine groups is 1. The van der Waals surface area contributed by atoms with Crippen molar-refractivity contribution in [2.75, 3.05) is 20.1 Å². The summed E-state index contributed by atoms with van der Waals surface area (Å²) in [5.74, 6) is 1.67. The van der Waals surface area contributed by atoms with E-state index in [-0.39, 0.29) is 6.10 Å². The third-order valence-corrected chi connectivity index (χ3v) is 4.92. The van der Waals surface area contributed by atoms with E-state index in [1.807, 2.05) is 25.3 Å². The number of nitrogens with zero attached hydrogens (tertiary/aromatic N) is 2. The first-order valence-electron chi connectivity index (χ1n) is 8.72. The molecule has 2 aromatic rings. The zero-order valence-electron chi connectivity index (χ0n) is 15.5. The highest BCUT2D eigenvalue weighted by atomic mass is 32.1. The zero-order valence-corrected chi connectivity index (χ0v) is 16.3. The molecule has 2 rings (SSSR count). The molecule has 1 unspecified atom stereocenters. The molecule has 1 aromatic heterocycles. The third-order valence-electron chi connectivity index (χ3n) is 3.72. The summed E-state index contributed by atoms with van der Waals surface area (Å²) in [7, 11) is 1.78. The number of rotatable bonds is 8. The summed E-state index contributed by atoms with van der Waals surface area (Å²) in [5, 5.41) is 7.79. The van der Waals surface area contributed by atoms with Gasteiger partial charge in [-0.05, 0) is 32.4 Å². The van der Waals surface area contributed by atoms with Crippen LogP contribution in [0, 0.1) is 6.92 Å². The normalized spacial score (nSPS) is 12.7. The van der Waals surface area contributed by atoms with Gasteiger partial charge in [0.05, 0.1) is 11.6 Å². The molecule has 2 N–H and O–H groups in total. The molecule has 0 radical (unpaired) electrons. The van der Waals surface area contributed by atoms with Crippen molar-refractivity contribution >= 4 is 17.3 Å². The first kappa shape index (κ1) is 19.2. The van der Waals surface area contributed by atoms with Gasteiger partial charge in [0.1, 0.15) is 11.9 Å². The number of nitrogens with one attached hydrogen (secondary N) is 2. The van der Waals surface area contributed by atoms with Gasteiger partial charge in [0.15, 0.2) is 5.96 Å². The van der Waals surface area contributed by atoms with E-state index in [9.17, 15) is 0 Å². The summed E-state index contributed by atoms with van der Waals surface area (Å²) < 4.78 is 5.90. The standard InChI is InChI=1S/C19H28N4OS/c1-5-17-13-22-18(25-17)10-11-21-19(20-4)23-12-15(3)24-16-8-6-14(2)7-9-16/h6-9,13,15H,5,10-12H2,1-4H3,(H2,20,21,23). The SMILES string of the molecule is CCc1cnc(CCNC(=NC)NCC(C)Oc2ccc(C)cc2)s1. The lowest BCUT2D eigenvalue weighted by molar-refractivity contribution is 0.224. The lowest BCUT2D eigenvalue weighted by atomic mass is 10.2. The number of hydrogen-bond donors (Lipinski definition) is 2. The van der Waals surface area contributed by atoms with Crippen molar-refractivity contribution in [2.24, 2.45) is 4.99 Å². The first-order valence-corrected chi connectivity index (χ1v) is 9.53. The van der Waals surface area contributed by atoms with Crippen molar-refractivity contribution in [2.45, 2.75) is 39.7 Å². The number of aryl methyl sites for hydroxylation is 2. The van der Waals surface area contributed by atoms with E-state index in [0.29, 0.717) is 6.54 Å². The molecule has 0 fully saturated rings. The van der Waals surface area contributed by atoms with Crippen LogP contribution in [0.1, 0.15) is 29.3 Å². The van der Waals surface area contributed by atoms with Crippen molar-refractivity contribution in [1.82, 2.24) is 15.6 Å². The summed E-state index contributed by atoms with van der Waals surface area (Å²) in [6.45, 7) is 7.76. The van der Waals surface area contributed by atoms with Gasteiger partial charge in [0, 0.05) is 31.1 Å². The monoisotopic (exact) mass is 360 g/mol. The van der Waals surface area contributed by atoms with E-state index in [1.54, 1.807) is 18.4 Å².